The molecule has 23 heavy (non-hydrogen) atoms. The lowest BCUT2D eigenvalue weighted by atomic mass is 9.80. The molecule has 2 aromatic carbocycles. The summed E-state index contributed by atoms with van der Waals surface area (Å²) in [4.78, 5) is 2.44. The Balaban J connectivity index is 1.67. The Morgan fingerprint density at radius 3 is 2.52 bits per heavy atom. The standard InChI is InChI=1S/C20H26N2O/c1-22-13-12-20(16-6-4-3-5-7-16)17(15-22)14-21-18-8-10-19(23-2)11-9-18/h3-11,17,20-21H,12-15H2,1-2H3. The zero-order valence-corrected chi connectivity index (χ0v) is 14.0. The van der Waals surface area contributed by atoms with Gasteiger partial charge in [0.1, 0.15) is 5.75 Å². The van der Waals surface area contributed by atoms with Gasteiger partial charge < -0.3 is 15.0 Å². The zero-order chi connectivity index (χ0) is 16.1. The lowest BCUT2D eigenvalue weighted by molar-refractivity contribution is 0.191. The van der Waals surface area contributed by atoms with E-state index in [1.807, 2.05) is 12.1 Å². The molecule has 0 bridgehead atoms. The van der Waals surface area contributed by atoms with Crippen molar-refractivity contribution in [3.63, 3.8) is 0 Å². The van der Waals surface area contributed by atoms with Gasteiger partial charge in [0.15, 0.2) is 0 Å². The highest BCUT2D eigenvalue weighted by molar-refractivity contribution is 5.46. The second-order valence-corrected chi connectivity index (χ2v) is 6.44. The molecule has 2 aromatic rings. The SMILES string of the molecule is COc1ccc(NCC2CN(C)CCC2c2ccccc2)cc1. The molecule has 0 amide bonds. The molecule has 0 radical (unpaired) electrons. The summed E-state index contributed by atoms with van der Waals surface area (Å²) in [6.07, 6.45) is 1.23. The Labute approximate surface area is 139 Å². The quantitative estimate of drug-likeness (QED) is 0.908. The number of rotatable bonds is 5. The highest BCUT2D eigenvalue weighted by atomic mass is 16.5. The molecule has 0 spiro atoms. The number of likely N-dealkylation sites (tertiary alicyclic amines) is 1. The minimum Gasteiger partial charge on any atom is -0.497 e. The average molecular weight is 310 g/mol. The number of methoxy groups -OCH3 is 1. The van der Waals surface area contributed by atoms with E-state index in [2.05, 4.69) is 59.7 Å². The molecule has 0 aliphatic carbocycles. The number of piperidine rings is 1. The van der Waals surface area contributed by atoms with Crippen LogP contribution in [0.25, 0.3) is 0 Å². The number of anilines is 1. The summed E-state index contributed by atoms with van der Waals surface area (Å²) in [5, 5.41) is 3.60. The second-order valence-electron chi connectivity index (χ2n) is 6.44. The normalized spacial score (nSPS) is 21.8. The molecule has 1 aliphatic heterocycles. The van der Waals surface area contributed by atoms with Crippen LogP contribution in [0.4, 0.5) is 5.69 Å². The van der Waals surface area contributed by atoms with Crippen LogP contribution in [0.2, 0.25) is 0 Å². The van der Waals surface area contributed by atoms with Gasteiger partial charge in [-0.15, -0.1) is 0 Å². The van der Waals surface area contributed by atoms with Crippen molar-refractivity contribution in [3.8, 4) is 5.75 Å². The lowest BCUT2D eigenvalue weighted by Gasteiger charge is -2.37. The highest BCUT2D eigenvalue weighted by Crippen LogP contribution is 2.32. The van der Waals surface area contributed by atoms with Gasteiger partial charge in [-0.2, -0.15) is 0 Å². The minimum absolute atomic E-state index is 0.623. The van der Waals surface area contributed by atoms with Crippen molar-refractivity contribution < 1.29 is 4.74 Å². The molecule has 1 heterocycles. The van der Waals surface area contributed by atoms with E-state index in [1.54, 1.807) is 7.11 Å². The molecule has 3 rings (SSSR count). The maximum absolute atomic E-state index is 5.22. The zero-order valence-electron chi connectivity index (χ0n) is 14.0. The van der Waals surface area contributed by atoms with Gasteiger partial charge in [0.25, 0.3) is 0 Å². The predicted molar refractivity (Wildman–Crippen MR) is 96.3 cm³/mol. The number of hydrogen-bond donors (Lipinski definition) is 1. The summed E-state index contributed by atoms with van der Waals surface area (Å²) in [5.41, 5.74) is 2.63. The fourth-order valence-electron chi connectivity index (χ4n) is 3.52. The van der Waals surface area contributed by atoms with Crippen molar-refractivity contribution in [1.82, 2.24) is 4.90 Å². The van der Waals surface area contributed by atoms with Gasteiger partial charge in [0.2, 0.25) is 0 Å². The molecule has 3 nitrogen and oxygen atoms in total. The molecular weight excluding hydrogens is 284 g/mol. The summed E-state index contributed by atoms with van der Waals surface area (Å²) >= 11 is 0. The maximum Gasteiger partial charge on any atom is 0.119 e. The van der Waals surface area contributed by atoms with Gasteiger partial charge >= 0.3 is 0 Å². The number of ether oxygens (including phenoxy) is 1. The van der Waals surface area contributed by atoms with Gasteiger partial charge in [0.05, 0.1) is 7.11 Å². The molecule has 1 N–H and O–H groups in total. The number of hydrogen-bond acceptors (Lipinski definition) is 3. The van der Waals surface area contributed by atoms with Crippen LogP contribution in [0, 0.1) is 5.92 Å². The van der Waals surface area contributed by atoms with Crippen molar-refractivity contribution >= 4 is 5.69 Å². The van der Waals surface area contributed by atoms with Crippen LogP contribution in [-0.4, -0.2) is 38.7 Å². The third kappa shape index (κ3) is 4.05. The van der Waals surface area contributed by atoms with E-state index in [0.717, 1.165) is 24.5 Å². The van der Waals surface area contributed by atoms with Crippen molar-refractivity contribution in [2.24, 2.45) is 5.92 Å². The van der Waals surface area contributed by atoms with E-state index in [4.69, 9.17) is 4.74 Å². The fourth-order valence-corrected chi connectivity index (χ4v) is 3.52. The van der Waals surface area contributed by atoms with E-state index in [9.17, 15) is 0 Å². The highest BCUT2D eigenvalue weighted by Gasteiger charge is 2.28. The third-order valence-corrected chi connectivity index (χ3v) is 4.82. The molecule has 2 unspecified atom stereocenters. The van der Waals surface area contributed by atoms with E-state index in [-0.39, 0.29) is 0 Å². The van der Waals surface area contributed by atoms with Gasteiger partial charge in [-0.25, -0.2) is 0 Å². The maximum atomic E-state index is 5.22. The van der Waals surface area contributed by atoms with Gasteiger partial charge in [0, 0.05) is 18.8 Å². The van der Waals surface area contributed by atoms with Crippen LogP contribution < -0.4 is 10.1 Å². The van der Waals surface area contributed by atoms with Crippen molar-refractivity contribution in [2.75, 3.05) is 39.1 Å². The van der Waals surface area contributed by atoms with Crippen molar-refractivity contribution in [3.05, 3.63) is 60.2 Å². The smallest absolute Gasteiger partial charge is 0.119 e. The first kappa shape index (κ1) is 15.9. The Kier molecular flexibility index (Phi) is 5.19. The first-order valence-corrected chi connectivity index (χ1v) is 8.37. The fraction of sp³-hybridized carbons (Fsp3) is 0.400. The van der Waals surface area contributed by atoms with Crippen molar-refractivity contribution in [1.29, 1.82) is 0 Å². The van der Waals surface area contributed by atoms with Gasteiger partial charge in [-0.1, -0.05) is 30.3 Å². The second kappa shape index (κ2) is 7.51. The lowest BCUT2D eigenvalue weighted by Crippen LogP contribution is -2.40. The van der Waals surface area contributed by atoms with E-state index in [0.29, 0.717) is 11.8 Å². The molecule has 0 saturated carbocycles. The molecule has 1 aliphatic rings. The topological polar surface area (TPSA) is 24.5 Å². The monoisotopic (exact) mass is 310 g/mol. The van der Waals surface area contributed by atoms with Crippen LogP contribution in [-0.2, 0) is 0 Å². The molecule has 0 aromatic heterocycles. The Morgan fingerprint density at radius 1 is 1.09 bits per heavy atom. The van der Waals surface area contributed by atoms with Crippen LogP contribution in [0.5, 0.6) is 5.75 Å². The summed E-state index contributed by atoms with van der Waals surface area (Å²) in [7, 11) is 3.92. The van der Waals surface area contributed by atoms with Crippen molar-refractivity contribution in [2.45, 2.75) is 12.3 Å². The molecule has 1 fully saturated rings. The number of nitrogens with zero attached hydrogens (tertiary/aromatic N) is 1. The summed E-state index contributed by atoms with van der Waals surface area (Å²) < 4.78 is 5.22. The Hall–Kier alpha value is -2.00. The van der Waals surface area contributed by atoms with Crippen LogP contribution >= 0.6 is 0 Å². The first-order chi connectivity index (χ1) is 11.3. The molecule has 122 valence electrons. The average Bonchev–Trinajstić information content (AvgIpc) is 2.61. The Morgan fingerprint density at radius 2 is 1.83 bits per heavy atom. The largest absolute Gasteiger partial charge is 0.497 e. The van der Waals surface area contributed by atoms with E-state index >= 15 is 0 Å². The molecule has 2 atom stereocenters. The molecule has 3 heteroatoms. The number of benzene rings is 2. The predicted octanol–water partition coefficient (Wildman–Crippen LogP) is 3.84. The Bertz CT molecular complexity index is 597. The number of nitrogens with one attached hydrogen (secondary N) is 1. The van der Waals surface area contributed by atoms with Gasteiger partial charge in [-0.3, -0.25) is 0 Å². The molecular formula is C20H26N2O. The third-order valence-electron chi connectivity index (χ3n) is 4.82. The van der Waals surface area contributed by atoms with Crippen LogP contribution in [0.3, 0.4) is 0 Å². The summed E-state index contributed by atoms with van der Waals surface area (Å²) in [6, 6.07) is 19.1. The minimum atomic E-state index is 0.623. The summed E-state index contributed by atoms with van der Waals surface area (Å²) in [6.45, 7) is 3.32. The van der Waals surface area contributed by atoms with Crippen LogP contribution in [0.15, 0.2) is 54.6 Å². The van der Waals surface area contributed by atoms with Crippen LogP contribution in [0.1, 0.15) is 17.9 Å². The van der Waals surface area contributed by atoms with Gasteiger partial charge in [-0.05, 0) is 61.7 Å². The molecule has 1 saturated heterocycles. The van der Waals surface area contributed by atoms with E-state index in [1.165, 1.54) is 18.5 Å². The van der Waals surface area contributed by atoms with E-state index < -0.39 is 0 Å². The summed E-state index contributed by atoms with van der Waals surface area (Å²) in [5.74, 6) is 2.16. The first-order valence-electron chi connectivity index (χ1n) is 8.37.